The number of nitrogens with one attached hydrogen (secondary N) is 1. The lowest BCUT2D eigenvalue weighted by Gasteiger charge is -2.33. The predicted octanol–water partition coefficient (Wildman–Crippen LogP) is 2.67. The second-order valence-corrected chi connectivity index (χ2v) is 5.21. The molecule has 0 amide bonds. The molecule has 0 saturated heterocycles. The monoisotopic (exact) mass is 241 g/mol. The van der Waals surface area contributed by atoms with Crippen LogP contribution in [0.5, 0.6) is 0 Å². The van der Waals surface area contributed by atoms with Crippen LogP contribution in [-0.4, -0.2) is 31.1 Å². The molecule has 1 rings (SSSR count). The molecule has 1 aromatic rings. The first-order valence-electron chi connectivity index (χ1n) is 5.29. The Kier molecular flexibility index (Phi) is 4.05. The minimum atomic E-state index is 0.0741. The molecule has 3 nitrogen and oxygen atoms in total. The standard InChI is InChI=1S/C12H20ClN3/c1-12(2,16(3)4)8-15-11-6-5-9(14)7-10(11)13/h5-7,15H,8,14H2,1-4H3. The minimum absolute atomic E-state index is 0.0741. The number of hydrogen-bond acceptors (Lipinski definition) is 3. The molecule has 0 heterocycles. The first-order valence-corrected chi connectivity index (χ1v) is 5.67. The SMILES string of the molecule is CN(C)C(C)(C)CNc1ccc(N)cc1Cl. The largest absolute Gasteiger partial charge is 0.399 e. The van der Waals surface area contributed by atoms with Gasteiger partial charge in [0.05, 0.1) is 10.7 Å². The Morgan fingerprint density at radius 2 is 2.00 bits per heavy atom. The second kappa shape index (κ2) is 4.93. The van der Waals surface area contributed by atoms with Gasteiger partial charge in [-0.2, -0.15) is 0 Å². The van der Waals surface area contributed by atoms with E-state index in [1.807, 2.05) is 12.1 Å². The van der Waals surface area contributed by atoms with Crippen LogP contribution in [0, 0.1) is 0 Å². The summed E-state index contributed by atoms with van der Waals surface area (Å²) in [5.41, 5.74) is 7.32. The lowest BCUT2D eigenvalue weighted by atomic mass is 10.0. The molecule has 16 heavy (non-hydrogen) atoms. The van der Waals surface area contributed by atoms with Crippen molar-refractivity contribution in [3.63, 3.8) is 0 Å². The smallest absolute Gasteiger partial charge is 0.0657 e. The summed E-state index contributed by atoms with van der Waals surface area (Å²) in [4.78, 5) is 2.17. The maximum atomic E-state index is 6.08. The fourth-order valence-corrected chi connectivity index (χ4v) is 1.40. The third-order valence-electron chi connectivity index (χ3n) is 2.92. The van der Waals surface area contributed by atoms with Crippen molar-refractivity contribution >= 4 is 23.0 Å². The van der Waals surface area contributed by atoms with E-state index in [0.29, 0.717) is 10.7 Å². The molecule has 1 aromatic carbocycles. The van der Waals surface area contributed by atoms with E-state index in [4.69, 9.17) is 17.3 Å². The van der Waals surface area contributed by atoms with Crippen molar-refractivity contribution in [2.24, 2.45) is 0 Å². The predicted molar refractivity (Wildman–Crippen MR) is 72.1 cm³/mol. The normalized spacial score (nSPS) is 11.9. The number of rotatable bonds is 4. The summed E-state index contributed by atoms with van der Waals surface area (Å²) in [5, 5.41) is 3.99. The van der Waals surface area contributed by atoms with Crippen LogP contribution in [0.25, 0.3) is 0 Å². The number of nitrogen functional groups attached to an aromatic ring is 1. The second-order valence-electron chi connectivity index (χ2n) is 4.80. The van der Waals surface area contributed by atoms with Gasteiger partial charge in [-0.05, 0) is 46.1 Å². The Morgan fingerprint density at radius 3 is 2.50 bits per heavy atom. The van der Waals surface area contributed by atoms with Gasteiger partial charge in [-0.3, -0.25) is 0 Å². The van der Waals surface area contributed by atoms with E-state index >= 15 is 0 Å². The van der Waals surface area contributed by atoms with Crippen molar-refractivity contribution in [3.05, 3.63) is 23.2 Å². The summed E-state index contributed by atoms with van der Waals surface area (Å²) >= 11 is 6.08. The molecule has 90 valence electrons. The maximum absolute atomic E-state index is 6.08. The van der Waals surface area contributed by atoms with Crippen LogP contribution in [0.1, 0.15) is 13.8 Å². The Bertz CT molecular complexity index is 361. The van der Waals surface area contributed by atoms with E-state index < -0.39 is 0 Å². The van der Waals surface area contributed by atoms with Crippen molar-refractivity contribution < 1.29 is 0 Å². The molecule has 0 saturated carbocycles. The molecule has 0 spiro atoms. The minimum Gasteiger partial charge on any atom is -0.399 e. The average molecular weight is 242 g/mol. The molecule has 4 heteroatoms. The molecule has 0 aromatic heterocycles. The molecule has 0 radical (unpaired) electrons. The highest BCUT2D eigenvalue weighted by atomic mass is 35.5. The van der Waals surface area contributed by atoms with Crippen LogP contribution >= 0.6 is 11.6 Å². The van der Waals surface area contributed by atoms with Gasteiger partial charge >= 0.3 is 0 Å². The summed E-state index contributed by atoms with van der Waals surface area (Å²) < 4.78 is 0. The van der Waals surface area contributed by atoms with Gasteiger partial charge in [0.25, 0.3) is 0 Å². The zero-order chi connectivity index (χ0) is 12.3. The Labute approximate surface area is 103 Å². The Morgan fingerprint density at radius 1 is 1.38 bits per heavy atom. The molecule has 0 aliphatic carbocycles. The van der Waals surface area contributed by atoms with E-state index in [9.17, 15) is 0 Å². The Balaban J connectivity index is 2.68. The molecular weight excluding hydrogens is 222 g/mol. The number of hydrogen-bond donors (Lipinski definition) is 2. The molecule has 0 unspecified atom stereocenters. The third-order valence-corrected chi connectivity index (χ3v) is 3.23. The number of benzene rings is 1. The van der Waals surface area contributed by atoms with Gasteiger partial charge in [-0.15, -0.1) is 0 Å². The fourth-order valence-electron chi connectivity index (χ4n) is 1.14. The number of halogens is 1. The van der Waals surface area contributed by atoms with Gasteiger partial charge in [0.15, 0.2) is 0 Å². The highest BCUT2D eigenvalue weighted by Gasteiger charge is 2.20. The molecule has 0 aliphatic heterocycles. The van der Waals surface area contributed by atoms with Crippen molar-refractivity contribution in [2.45, 2.75) is 19.4 Å². The molecule has 3 N–H and O–H groups in total. The lowest BCUT2D eigenvalue weighted by molar-refractivity contribution is 0.210. The van der Waals surface area contributed by atoms with Crippen molar-refractivity contribution in [2.75, 3.05) is 31.7 Å². The van der Waals surface area contributed by atoms with Crippen LogP contribution in [0.15, 0.2) is 18.2 Å². The van der Waals surface area contributed by atoms with Gasteiger partial charge in [-0.1, -0.05) is 11.6 Å². The zero-order valence-electron chi connectivity index (χ0n) is 10.3. The third kappa shape index (κ3) is 3.29. The van der Waals surface area contributed by atoms with E-state index in [-0.39, 0.29) is 5.54 Å². The number of nitrogens with two attached hydrogens (primary N) is 1. The summed E-state index contributed by atoms with van der Waals surface area (Å²) in [6.07, 6.45) is 0. The first kappa shape index (κ1) is 13.1. The summed E-state index contributed by atoms with van der Waals surface area (Å²) in [6, 6.07) is 5.51. The molecule has 0 fully saturated rings. The topological polar surface area (TPSA) is 41.3 Å². The van der Waals surface area contributed by atoms with Crippen molar-refractivity contribution in [1.82, 2.24) is 4.90 Å². The molecule has 0 aliphatic rings. The van der Waals surface area contributed by atoms with E-state index in [1.165, 1.54) is 0 Å². The van der Waals surface area contributed by atoms with Gasteiger partial charge in [0.2, 0.25) is 0 Å². The van der Waals surface area contributed by atoms with Crippen LogP contribution in [0.2, 0.25) is 5.02 Å². The number of anilines is 2. The quantitative estimate of drug-likeness (QED) is 0.797. The summed E-state index contributed by atoms with van der Waals surface area (Å²) in [6.45, 7) is 5.17. The lowest BCUT2D eigenvalue weighted by Crippen LogP contribution is -2.44. The van der Waals surface area contributed by atoms with Gasteiger partial charge < -0.3 is 16.0 Å². The molecule has 0 atom stereocenters. The first-order chi connectivity index (χ1) is 7.33. The van der Waals surface area contributed by atoms with Crippen LogP contribution in [0.3, 0.4) is 0 Å². The van der Waals surface area contributed by atoms with Crippen molar-refractivity contribution in [1.29, 1.82) is 0 Å². The van der Waals surface area contributed by atoms with Crippen molar-refractivity contribution in [3.8, 4) is 0 Å². The van der Waals surface area contributed by atoms with E-state index in [2.05, 4.69) is 38.2 Å². The highest BCUT2D eigenvalue weighted by Crippen LogP contribution is 2.24. The zero-order valence-corrected chi connectivity index (χ0v) is 11.1. The summed E-state index contributed by atoms with van der Waals surface area (Å²) in [5.74, 6) is 0. The van der Waals surface area contributed by atoms with Gasteiger partial charge in [0, 0.05) is 17.8 Å². The highest BCUT2D eigenvalue weighted by molar-refractivity contribution is 6.33. The number of likely N-dealkylation sites (N-methyl/N-ethyl adjacent to an activating group) is 1. The van der Waals surface area contributed by atoms with Gasteiger partial charge in [0.1, 0.15) is 0 Å². The molecule has 0 bridgehead atoms. The van der Waals surface area contributed by atoms with Crippen LogP contribution in [-0.2, 0) is 0 Å². The summed E-state index contributed by atoms with van der Waals surface area (Å²) in [7, 11) is 4.12. The molecular formula is C12H20ClN3. The van der Waals surface area contributed by atoms with E-state index in [0.717, 1.165) is 12.2 Å². The number of nitrogens with zero attached hydrogens (tertiary/aromatic N) is 1. The van der Waals surface area contributed by atoms with E-state index in [1.54, 1.807) is 6.07 Å². The fraction of sp³-hybridized carbons (Fsp3) is 0.500. The Hall–Kier alpha value is -0.930. The van der Waals surface area contributed by atoms with Crippen LogP contribution in [0.4, 0.5) is 11.4 Å². The average Bonchev–Trinajstić information content (AvgIpc) is 2.16. The van der Waals surface area contributed by atoms with Gasteiger partial charge in [-0.25, -0.2) is 0 Å². The maximum Gasteiger partial charge on any atom is 0.0657 e. The van der Waals surface area contributed by atoms with Crippen LogP contribution < -0.4 is 11.1 Å².